The van der Waals surface area contributed by atoms with Gasteiger partial charge in [-0.15, -0.1) is 0 Å². The summed E-state index contributed by atoms with van der Waals surface area (Å²) in [6.45, 7) is 4.98. The van der Waals surface area contributed by atoms with Gasteiger partial charge in [-0.25, -0.2) is 0 Å². The number of carbonyl (C=O) groups is 1. The SMILES string of the molecule is CCn1c(C)cc(=O)c(OCc2ccccc2)c1CNC(=O)c1ccc(OC)cc1. The molecule has 0 saturated heterocycles. The number of carbonyl (C=O) groups excluding carboxylic acids is 1. The molecule has 0 fully saturated rings. The van der Waals surface area contributed by atoms with Crippen LogP contribution >= 0.6 is 0 Å². The molecule has 0 spiro atoms. The highest BCUT2D eigenvalue weighted by molar-refractivity contribution is 5.94. The van der Waals surface area contributed by atoms with Crippen molar-refractivity contribution in [1.29, 1.82) is 0 Å². The third-order valence-electron chi connectivity index (χ3n) is 4.89. The fourth-order valence-electron chi connectivity index (χ4n) is 3.32. The Kier molecular flexibility index (Phi) is 6.91. The van der Waals surface area contributed by atoms with Crippen molar-refractivity contribution in [2.45, 2.75) is 33.5 Å². The molecule has 30 heavy (non-hydrogen) atoms. The molecule has 0 aliphatic heterocycles. The van der Waals surface area contributed by atoms with Crippen molar-refractivity contribution < 1.29 is 14.3 Å². The van der Waals surface area contributed by atoms with Crippen LogP contribution in [0.15, 0.2) is 65.5 Å². The Labute approximate surface area is 176 Å². The van der Waals surface area contributed by atoms with E-state index < -0.39 is 0 Å². The first-order valence-corrected chi connectivity index (χ1v) is 9.85. The maximum Gasteiger partial charge on any atom is 0.251 e. The lowest BCUT2D eigenvalue weighted by Gasteiger charge is -2.19. The van der Waals surface area contributed by atoms with Crippen molar-refractivity contribution in [1.82, 2.24) is 9.88 Å². The summed E-state index contributed by atoms with van der Waals surface area (Å²) in [6, 6.07) is 18.1. The predicted molar refractivity (Wildman–Crippen MR) is 116 cm³/mol. The molecule has 0 aliphatic rings. The average molecular weight is 406 g/mol. The van der Waals surface area contributed by atoms with E-state index in [0.29, 0.717) is 23.6 Å². The van der Waals surface area contributed by atoms with Gasteiger partial charge in [-0.2, -0.15) is 0 Å². The van der Waals surface area contributed by atoms with Crippen LogP contribution in [0.2, 0.25) is 0 Å². The fraction of sp³-hybridized carbons (Fsp3) is 0.250. The molecule has 1 amide bonds. The molecule has 3 rings (SSSR count). The minimum absolute atomic E-state index is 0.180. The molecular formula is C24H26N2O4. The molecule has 1 N–H and O–H groups in total. The first-order chi connectivity index (χ1) is 14.5. The maximum atomic E-state index is 12.7. The Morgan fingerprint density at radius 1 is 1.07 bits per heavy atom. The molecule has 1 aromatic heterocycles. The standard InChI is InChI=1S/C24H26N2O4/c1-4-26-17(2)14-22(27)23(30-16-18-8-6-5-7-9-18)21(26)15-25-24(28)19-10-12-20(29-3)13-11-19/h5-14H,4,15-16H2,1-3H3,(H,25,28). The topological polar surface area (TPSA) is 69.6 Å². The lowest BCUT2D eigenvalue weighted by atomic mass is 10.2. The summed E-state index contributed by atoms with van der Waals surface area (Å²) < 4.78 is 13.0. The van der Waals surface area contributed by atoms with Gasteiger partial charge in [0, 0.05) is 23.9 Å². The minimum atomic E-state index is -0.233. The number of aryl methyl sites for hydroxylation is 1. The molecule has 0 bridgehead atoms. The number of nitrogens with zero attached hydrogens (tertiary/aromatic N) is 1. The summed E-state index contributed by atoms with van der Waals surface area (Å²) >= 11 is 0. The second-order valence-corrected chi connectivity index (χ2v) is 6.86. The van der Waals surface area contributed by atoms with Crippen LogP contribution in [-0.4, -0.2) is 17.6 Å². The molecule has 3 aromatic rings. The molecule has 156 valence electrons. The predicted octanol–water partition coefficient (Wildman–Crippen LogP) is 3.69. The molecule has 0 saturated carbocycles. The van der Waals surface area contributed by atoms with Crippen molar-refractivity contribution in [2.75, 3.05) is 7.11 Å². The molecular weight excluding hydrogens is 380 g/mol. The van der Waals surface area contributed by atoms with Gasteiger partial charge in [0.15, 0.2) is 5.75 Å². The van der Waals surface area contributed by atoms with E-state index >= 15 is 0 Å². The van der Waals surface area contributed by atoms with Gasteiger partial charge in [0.05, 0.1) is 19.3 Å². The Bertz CT molecular complexity index is 1060. The Morgan fingerprint density at radius 2 is 1.77 bits per heavy atom. The van der Waals surface area contributed by atoms with Crippen LogP contribution in [0.3, 0.4) is 0 Å². The van der Waals surface area contributed by atoms with Gasteiger partial charge in [0.1, 0.15) is 12.4 Å². The van der Waals surface area contributed by atoms with Crippen LogP contribution in [0.4, 0.5) is 0 Å². The lowest BCUT2D eigenvalue weighted by molar-refractivity contribution is 0.0949. The smallest absolute Gasteiger partial charge is 0.251 e. The second-order valence-electron chi connectivity index (χ2n) is 6.86. The first kappa shape index (κ1) is 21.2. The Balaban J connectivity index is 1.83. The van der Waals surface area contributed by atoms with Crippen LogP contribution in [-0.2, 0) is 19.7 Å². The largest absolute Gasteiger partial charge is 0.497 e. The summed E-state index contributed by atoms with van der Waals surface area (Å²) in [6.07, 6.45) is 0. The number of methoxy groups -OCH3 is 1. The normalized spacial score (nSPS) is 10.5. The van der Waals surface area contributed by atoms with Crippen molar-refractivity contribution in [3.8, 4) is 11.5 Å². The summed E-state index contributed by atoms with van der Waals surface area (Å²) in [5, 5.41) is 2.90. The minimum Gasteiger partial charge on any atom is -0.497 e. The van der Waals surface area contributed by atoms with E-state index in [-0.39, 0.29) is 30.2 Å². The van der Waals surface area contributed by atoms with E-state index in [1.165, 1.54) is 0 Å². The average Bonchev–Trinajstić information content (AvgIpc) is 2.77. The van der Waals surface area contributed by atoms with Crippen LogP contribution in [0.1, 0.15) is 34.2 Å². The summed E-state index contributed by atoms with van der Waals surface area (Å²) in [5.74, 6) is 0.714. The fourth-order valence-corrected chi connectivity index (χ4v) is 3.32. The molecule has 1 heterocycles. The highest BCUT2D eigenvalue weighted by Crippen LogP contribution is 2.18. The van der Waals surface area contributed by atoms with Gasteiger partial charge in [0.2, 0.25) is 5.43 Å². The highest BCUT2D eigenvalue weighted by atomic mass is 16.5. The van der Waals surface area contributed by atoms with Gasteiger partial charge in [0.25, 0.3) is 5.91 Å². The van der Waals surface area contributed by atoms with Gasteiger partial charge in [-0.1, -0.05) is 30.3 Å². The van der Waals surface area contributed by atoms with Crippen LogP contribution in [0.5, 0.6) is 11.5 Å². The lowest BCUT2D eigenvalue weighted by Crippen LogP contribution is -2.28. The number of rotatable bonds is 8. The van der Waals surface area contributed by atoms with Gasteiger partial charge in [-0.3, -0.25) is 9.59 Å². The number of hydrogen-bond acceptors (Lipinski definition) is 4. The number of ether oxygens (including phenoxy) is 2. The first-order valence-electron chi connectivity index (χ1n) is 9.85. The number of amides is 1. The van der Waals surface area contributed by atoms with Gasteiger partial charge < -0.3 is 19.4 Å². The quantitative estimate of drug-likeness (QED) is 0.619. The molecule has 0 aliphatic carbocycles. The van der Waals surface area contributed by atoms with E-state index in [2.05, 4.69) is 5.32 Å². The van der Waals surface area contributed by atoms with Crippen LogP contribution in [0.25, 0.3) is 0 Å². The van der Waals surface area contributed by atoms with Crippen LogP contribution in [0, 0.1) is 6.92 Å². The van der Waals surface area contributed by atoms with Crippen molar-refractivity contribution in [3.63, 3.8) is 0 Å². The van der Waals surface area contributed by atoms with Gasteiger partial charge >= 0.3 is 0 Å². The molecule has 0 unspecified atom stereocenters. The zero-order valence-corrected chi connectivity index (χ0v) is 17.5. The second kappa shape index (κ2) is 9.78. The van der Waals surface area contributed by atoms with Gasteiger partial charge in [-0.05, 0) is 43.7 Å². The molecule has 2 aromatic carbocycles. The van der Waals surface area contributed by atoms with E-state index in [1.54, 1.807) is 37.4 Å². The number of pyridine rings is 1. The zero-order valence-electron chi connectivity index (χ0n) is 17.5. The molecule has 0 radical (unpaired) electrons. The van der Waals surface area contributed by atoms with Crippen molar-refractivity contribution in [2.24, 2.45) is 0 Å². The Hall–Kier alpha value is -3.54. The van der Waals surface area contributed by atoms with Crippen molar-refractivity contribution >= 4 is 5.91 Å². The maximum absolute atomic E-state index is 12.7. The molecule has 0 atom stereocenters. The molecule has 6 nitrogen and oxygen atoms in total. The monoisotopic (exact) mass is 406 g/mol. The molecule has 6 heteroatoms. The summed E-state index contributed by atoms with van der Waals surface area (Å²) in [4.78, 5) is 25.3. The number of aromatic nitrogens is 1. The van der Waals surface area contributed by atoms with Crippen molar-refractivity contribution in [3.05, 3.63) is 93.4 Å². The number of hydrogen-bond donors (Lipinski definition) is 1. The third kappa shape index (κ3) is 4.89. The Morgan fingerprint density at radius 3 is 2.40 bits per heavy atom. The summed E-state index contributed by atoms with van der Waals surface area (Å²) in [7, 11) is 1.58. The number of nitrogens with one attached hydrogen (secondary N) is 1. The van der Waals surface area contributed by atoms with E-state index in [9.17, 15) is 9.59 Å². The van der Waals surface area contributed by atoms with Crippen LogP contribution < -0.4 is 20.2 Å². The van der Waals surface area contributed by atoms with E-state index in [4.69, 9.17) is 9.47 Å². The van der Waals surface area contributed by atoms with E-state index in [1.807, 2.05) is 48.7 Å². The highest BCUT2D eigenvalue weighted by Gasteiger charge is 2.16. The zero-order chi connectivity index (χ0) is 21.5. The number of benzene rings is 2. The summed E-state index contributed by atoms with van der Waals surface area (Å²) in [5.41, 5.74) is 2.76. The van der Waals surface area contributed by atoms with E-state index in [0.717, 1.165) is 11.3 Å². The third-order valence-corrected chi connectivity index (χ3v) is 4.89.